The van der Waals surface area contributed by atoms with Gasteiger partial charge in [-0.1, -0.05) is 19.1 Å². The highest BCUT2D eigenvalue weighted by Crippen LogP contribution is 2.44. The second-order valence-corrected chi connectivity index (χ2v) is 8.31. The van der Waals surface area contributed by atoms with Crippen LogP contribution in [0, 0.1) is 12.8 Å². The van der Waals surface area contributed by atoms with E-state index in [9.17, 15) is 0 Å². The molecular formula is C22H28N4. The Morgan fingerprint density at radius 3 is 3.04 bits per heavy atom. The molecule has 1 aliphatic carbocycles. The van der Waals surface area contributed by atoms with E-state index in [0.29, 0.717) is 17.9 Å². The molecule has 3 aromatic rings. The van der Waals surface area contributed by atoms with Gasteiger partial charge in [0.15, 0.2) is 0 Å². The average molecular weight is 348 g/mol. The lowest BCUT2D eigenvalue weighted by atomic mass is 9.72. The molecule has 5 rings (SSSR count). The van der Waals surface area contributed by atoms with Crippen LogP contribution in [0.1, 0.15) is 41.9 Å². The number of imidazole rings is 1. The summed E-state index contributed by atoms with van der Waals surface area (Å²) in [6.07, 6.45) is 7.92. The second-order valence-electron chi connectivity index (χ2n) is 8.31. The Kier molecular flexibility index (Phi) is 3.71. The van der Waals surface area contributed by atoms with Gasteiger partial charge in [-0.3, -0.25) is 0 Å². The number of H-pyrrole nitrogens is 1. The molecule has 0 bridgehead atoms. The summed E-state index contributed by atoms with van der Waals surface area (Å²) in [5, 5.41) is 1.50. The molecule has 2 aromatic heterocycles. The SMILES string of the molecule is CCc1nc(C)cn1C[C@@H]1CC2c3cccc4[nH]cc(c34)C[C@H]2N(C)C1. The molecule has 26 heavy (non-hydrogen) atoms. The van der Waals surface area contributed by atoms with Gasteiger partial charge in [0.25, 0.3) is 0 Å². The van der Waals surface area contributed by atoms with Crippen molar-refractivity contribution in [2.45, 2.75) is 51.6 Å². The van der Waals surface area contributed by atoms with Crippen LogP contribution in [0.5, 0.6) is 0 Å². The molecule has 3 atom stereocenters. The fourth-order valence-corrected chi connectivity index (χ4v) is 5.50. The third-order valence-corrected chi connectivity index (χ3v) is 6.56. The van der Waals surface area contributed by atoms with E-state index in [1.807, 2.05) is 0 Å². The van der Waals surface area contributed by atoms with Gasteiger partial charge in [0.05, 0.1) is 5.69 Å². The van der Waals surface area contributed by atoms with Crippen LogP contribution in [0.25, 0.3) is 10.9 Å². The monoisotopic (exact) mass is 348 g/mol. The topological polar surface area (TPSA) is 36.9 Å². The Bertz CT molecular complexity index is 950. The van der Waals surface area contributed by atoms with Crippen molar-refractivity contribution in [2.24, 2.45) is 5.92 Å². The van der Waals surface area contributed by atoms with Crippen molar-refractivity contribution < 1.29 is 0 Å². The molecule has 1 fully saturated rings. The van der Waals surface area contributed by atoms with Crippen molar-refractivity contribution >= 4 is 10.9 Å². The van der Waals surface area contributed by atoms with Crippen molar-refractivity contribution in [3.05, 3.63) is 53.2 Å². The largest absolute Gasteiger partial charge is 0.361 e. The Labute approximate surface area is 155 Å². The Morgan fingerprint density at radius 1 is 1.31 bits per heavy atom. The summed E-state index contributed by atoms with van der Waals surface area (Å²) >= 11 is 0. The van der Waals surface area contributed by atoms with Crippen LogP contribution in [0.2, 0.25) is 0 Å². The zero-order valence-corrected chi connectivity index (χ0v) is 16.0. The highest BCUT2D eigenvalue weighted by atomic mass is 15.2. The molecule has 0 spiro atoms. The maximum Gasteiger partial charge on any atom is 0.108 e. The number of aromatic amines is 1. The van der Waals surface area contributed by atoms with Crippen molar-refractivity contribution in [1.82, 2.24) is 19.4 Å². The third-order valence-electron chi connectivity index (χ3n) is 6.56. The molecule has 0 amide bonds. The van der Waals surface area contributed by atoms with Crippen LogP contribution in [-0.4, -0.2) is 39.1 Å². The van der Waals surface area contributed by atoms with E-state index in [-0.39, 0.29) is 0 Å². The first kappa shape index (κ1) is 16.1. The highest BCUT2D eigenvalue weighted by molar-refractivity contribution is 5.88. The van der Waals surface area contributed by atoms with Crippen LogP contribution in [0.15, 0.2) is 30.6 Å². The van der Waals surface area contributed by atoms with Gasteiger partial charge in [0.2, 0.25) is 0 Å². The maximum atomic E-state index is 4.69. The molecule has 4 nitrogen and oxygen atoms in total. The van der Waals surface area contributed by atoms with E-state index in [2.05, 4.69) is 65.9 Å². The number of hydrogen-bond acceptors (Lipinski definition) is 2. The van der Waals surface area contributed by atoms with E-state index in [0.717, 1.165) is 18.7 Å². The van der Waals surface area contributed by atoms with Gasteiger partial charge in [0, 0.05) is 54.8 Å². The number of piperidine rings is 1. The maximum absolute atomic E-state index is 4.69. The fourth-order valence-electron chi connectivity index (χ4n) is 5.50. The summed E-state index contributed by atoms with van der Waals surface area (Å²) in [7, 11) is 2.32. The average Bonchev–Trinajstić information content (AvgIpc) is 3.20. The first-order valence-corrected chi connectivity index (χ1v) is 9.95. The Balaban J connectivity index is 1.47. The number of hydrogen-bond donors (Lipinski definition) is 1. The lowest BCUT2D eigenvalue weighted by Crippen LogP contribution is -2.48. The summed E-state index contributed by atoms with van der Waals surface area (Å²) in [4.78, 5) is 10.8. The minimum Gasteiger partial charge on any atom is -0.361 e. The number of fused-ring (bicyclic) bond motifs is 2. The fraction of sp³-hybridized carbons (Fsp3) is 0.500. The van der Waals surface area contributed by atoms with Crippen molar-refractivity contribution in [1.29, 1.82) is 0 Å². The third kappa shape index (κ3) is 2.43. The van der Waals surface area contributed by atoms with Gasteiger partial charge in [0.1, 0.15) is 5.82 Å². The minimum atomic E-state index is 0.635. The number of benzene rings is 1. The van der Waals surface area contributed by atoms with Crippen LogP contribution >= 0.6 is 0 Å². The predicted octanol–water partition coefficient (Wildman–Crippen LogP) is 3.90. The van der Waals surface area contributed by atoms with E-state index < -0.39 is 0 Å². The van der Waals surface area contributed by atoms with Crippen LogP contribution < -0.4 is 0 Å². The molecular weight excluding hydrogens is 320 g/mol. The number of aromatic nitrogens is 3. The van der Waals surface area contributed by atoms with Gasteiger partial charge in [-0.05, 0) is 49.9 Å². The Morgan fingerprint density at radius 2 is 2.19 bits per heavy atom. The first-order chi connectivity index (χ1) is 12.6. The molecule has 2 aliphatic rings. The van der Waals surface area contributed by atoms with E-state index in [4.69, 9.17) is 4.98 Å². The van der Waals surface area contributed by atoms with Crippen molar-refractivity contribution in [3.63, 3.8) is 0 Å². The number of likely N-dealkylation sites (N-methyl/N-ethyl adjacent to an activating group) is 1. The van der Waals surface area contributed by atoms with Gasteiger partial charge in [-0.2, -0.15) is 0 Å². The van der Waals surface area contributed by atoms with E-state index in [1.165, 1.54) is 41.7 Å². The standard InChI is InChI=1S/C22H28N4/c1-4-21-24-14(2)11-26(21)13-15-8-18-17-6-5-7-19-22(17)16(10-23-19)9-20(18)25(3)12-15/h5-7,10-11,15,18,20,23H,4,8-9,12-13H2,1-3H3/t15-,18?,20-/m1/s1. The lowest BCUT2D eigenvalue weighted by Gasteiger charge is -2.45. The smallest absolute Gasteiger partial charge is 0.108 e. The summed E-state index contributed by atoms with van der Waals surface area (Å²) in [6.45, 7) is 6.58. The quantitative estimate of drug-likeness (QED) is 0.779. The summed E-state index contributed by atoms with van der Waals surface area (Å²) in [5.41, 5.74) is 5.51. The number of aryl methyl sites for hydroxylation is 2. The molecule has 0 radical (unpaired) electrons. The molecule has 1 unspecified atom stereocenters. The predicted molar refractivity (Wildman–Crippen MR) is 106 cm³/mol. The van der Waals surface area contributed by atoms with Crippen LogP contribution in [-0.2, 0) is 19.4 Å². The second kappa shape index (κ2) is 5.98. The summed E-state index contributed by atoms with van der Waals surface area (Å²) in [6, 6.07) is 7.44. The Hall–Kier alpha value is -2.07. The number of rotatable bonds is 3. The first-order valence-electron chi connectivity index (χ1n) is 9.95. The summed E-state index contributed by atoms with van der Waals surface area (Å²) in [5.74, 6) is 2.54. The number of nitrogens with one attached hydrogen (secondary N) is 1. The van der Waals surface area contributed by atoms with Crippen LogP contribution in [0.3, 0.4) is 0 Å². The highest BCUT2D eigenvalue weighted by Gasteiger charge is 2.39. The lowest BCUT2D eigenvalue weighted by molar-refractivity contribution is 0.103. The van der Waals surface area contributed by atoms with Crippen molar-refractivity contribution in [3.8, 4) is 0 Å². The van der Waals surface area contributed by atoms with Gasteiger partial charge < -0.3 is 14.5 Å². The number of nitrogens with zero attached hydrogens (tertiary/aromatic N) is 3. The summed E-state index contributed by atoms with van der Waals surface area (Å²) < 4.78 is 2.40. The van der Waals surface area contributed by atoms with Gasteiger partial charge in [-0.15, -0.1) is 0 Å². The molecule has 4 heteroatoms. The molecule has 1 aliphatic heterocycles. The van der Waals surface area contributed by atoms with Gasteiger partial charge >= 0.3 is 0 Å². The molecule has 136 valence electrons. The zero-order chi connectivity index (χ0) is 17.8. The van der Waals surface area contributed by atoms with Crippen molar-refractivity contribution in [2.75, 3.05) is 13.6 Å². The minimum absolute atomic E-state index is 0.635. The normalized spacial score (nSPS) is 25.6. The van der Waals surface area contributed by atoms with Crippen LogP contribution in [0.4, 0.5) is 0 Å². The molecule has 1 N–H and O–H groups in total. The molecule has 3 heterocycles. The molecule has 1 aromatic carbocycles. The van der Waals surface area contributed by atoms with E-state index >= 15 is 0 Å². The van der Waals surface area contributed by atoms with E-state index in [1.54, 1.807) is 5.56 Å². The van der Waals surface area contributed by atoms with Gasteiger partial charge in [-0.25, -0.2) is 4.98 Å². The number of likely N-dealkylation sites (tertiary alicyclic amines) is 1. The molecule has 1 saturated heterocycles. The molecule has 0 saturated carbocycles. The zero-order valence-electron chi connectivity index (χ0n) is 16.0.